The number of para-hydroxylation sites is 2. The Balaban J connectivity index is 1.47. The maximum absolute atomic E-state index is 11.9. The van der Waals surface area contributed by atoms with Gasteiger partial charge in [-0.3, -0.25) is 4.57 Å². The van der Waals surface area contributed by atoms with E-state index in [1.807, 2.05) is 6.07 Å². The van der Waals surface area contributed by atoms with E-state index in [4.69, 9.17) is 4.42 Å². The number of hydrogen-bond donors (Lipinski definition) is 2. The van der Waals surface area contributed by atoms with E-state index in [1.165, 1.54) is 10.8 Å². The summed E-state index contributed by atoms with van der Waals surface area (Å²) >= 11 is 0. The number of oxazole rings is 1. The quantitative estimate of drug-likeness (QED) is 0.623. The molecule has 28 heavy (non-hydrogen) atoms. The normalized spacial score (nSPS) is 11.5. The fourth-order valence-corrected chi connectivity index (χ4v) is 3.61. The zero-order chi connectivity index (χ0) is 20.1. The number of carbonyl (C=O) groups excluding carboxylic acids is 1. The number of amides is 2. The molecule has 2 N–H and O–H groups in total. The second-order valence-corrected chi connectivity index (χ2v) is 8.62. The fraction of sp³-hybridized carbons (Fsp3) is 0.263. The fourth-order valence-electron chi connectivity index (χ4n) is 2.81. The summed E-state index contributed by atoms with van der Waals surface area (Å²) in [5.41, 5.74) is 2.75. The maximum atomic E-state index is 11.9. The third kappa shape index (κ3) is 5.23. The average molecular weight is 403 g/mol. The molecule has 0 atom stereocenters. The van der Waals surface area contributed by atoms with Gasteiger partial charge in [0.2, 0.25) is 0 Å². The van der Waals surface area contributed by atoms with Gasteiger partial charge < -0.3 is 15.1 Å². The first-order valence-electron chi connectivity index (χ1n) is 8.67. The van der Waals surface area contributed by atoms with Crippen LogP contribution in [0.25, 0.3) is 11.1 Å². The Labute approximate surface area is 162 Å². The van der Waals surface area contributed by atoms with Gasteiger partial charge in [0.1, 0.15) is 0 Å². The standard InChI is InChI=1S/C19H21N3O5S/c1-28(25,26)13-15-8-6-14(7-9-15)12-21-18(23)20-10-11-22-16-4-2-3-5-17(16)27-19(22)24/h2-9H,10-13H2,1H3,(H2,20,21,23). The first-order valence-corrected chi connectivity index (χ1v) is 10.7. The van der Waals surface area contributed by atoms with Gasteiger partial charge in [0, 0.05) is 25.9 Å². The van der Waals surface area contributed by atoms with Crippen molar-refractivity contribution in [3.05, 3.63) is 70.2 Å². The largest absolute Gasteiger partial charge is 0.420 e. The smallest absolute Gasteiger partial charge is 0.408 e. The molecule has 0 unspecified atom stereocenters. The van der Waals surface area contributed by atoms with Crippen LogP contribution in [0.2, 0.25) is 0 Å². The molecular weight excluding hydrogens is 382 g/mol. The number of sulfone groups is 1. The summed E-state index contributed by atoms with van der Waals surface area (Å²) in [4.78, 5) is 23.8. The number of hydrogen-bond acceptors (Lipinski definition) is 5. The molecule has 1 heterocycles. The molecule has 0 saturated heterocycles. The third-order valence-corrected chi connectivity index (χ3v) is 4.96. The SMILES string of the molecule is CS(=O)(=O)Cc1ccc(CNC(=O)NCCn2c(=O)oc3ccccc32)cc1. The summed E-state index contributed by atoms with van der Waals surface area (Å²) < 4.78 is 29.2. The zero-order valence-corrected chi connectivity index (χ0v) is 16.2. The van der Waals surface area contributed by atoms with E-state index in [9.17, 15) is 18.0 Å². The van der Waals surface area contributed by atoms with Crippen LogP contribution >= 0.6 is 0 Å². The average Bonchev–Trinajstić information content (AvgIpc) is 2.95. The molecule has 3 aromatic rings. The number of carbonyl (C=O) groups is 1. The Morgan fingerprint density at radius 1 is 1.04 bits per heavy atom. The summed E-state index contributed by atoms with van der Waals surface area (Å²) in [6.07, 6.45) is 1.19. The maximum Gasteiger partial charge on any atom is 0.420 e. The molecule has 2 aromatic carbocycles. The second-order valence-electron chi connectivity index (χ2n) is 6.48. The summed E-state index contributed by atoms with van der Waals surface area (Å²) in [5.74, 6) is -0.471. The molecule has 8 nitrogen and oxygen atoms in total. The summed E-state index contributed by atoms with van der Waals surface area (Å²) in [6.45, 7) is 0.867. The molecular formula is C19H21N3O5S. The van der Waals surface area contributed by atoms with Crippen molar-refractivity contribution >= 4 is 27.0 Å². The predicted molar refractivity (Wildman–Crippen MR) is 106 cm³/mol. The number of urea groups is 1. The van der Waals surface area contributed by atoms with E-state index in [0.717, 1.165) is 5.56 Å². The monoisotopic (exact) mass is 403 g/mol. The van der Waals surface area contributed by atoms with Gasteiger partial charge in [-0.05, 0) is 23.3 Å². The van der Waals surface area contributed by atoms with E-state index in [0.29, 0.717) is 29.8 Å². The molecule has 0 spiro atoms. The van der Waals surface area contributed by atoms with Crippen LogP contribution in [-0.4, -0.2) is 31.8 Å². The van der Waals surface area contributed by atoms with E-state index in [2.05, 4.69) is 10.6 Å². The molecule has 9 heteroatoms. The van der Waals surface area contributed by atoms with Gasteiger partial charge in [-0.25, -0.2) is 18.0 Å². The molecule has 0 saturated carbocycles. The van der Waals surface area contributed by atoms with E-state index in [1.54, 1.807) is 42.5 Å². The molecule has 0 aliphatic heterocycles. The number of aromatic nitrogens is 1. The lowest BCUT2D eigenvalue weighted by atomic mass is 10.1. The highest BCUT2D eigenvalue weighted by atomic mass is 32.2. The highest BCUT2D eigenvalue weighted by Gasteiger charge is 2.09. The van der Waals surface area contributed by atoms with Crippen molar-refractivity contribution in [3.63, 3.8) is 0 Å². The van der Waals surface area contributed by atoms with Crippen LogP contribution in [0.1, 0.15) is 11.1 Å². The highest BCUT2D eigenvalue weighted by Crippen LogP contribution is 2.11. The number of benzene rings is 2. The van der Waals surface area contributed by atoms with Crippen molar-refractivity contribution in [3.8, 4) is 0 Å². The highest BCUT2D eigenvalue weighted by molar-refractivity contribution is 7.89. The second kappa shape index (κ2) is 8.30. The molecule has 1 aromatic heterocycles. The van der Waals surface area contributed by atoms with E-state index >= 15 is 0 Å². The first-order chi connectivity index (χ1) is 13.3. The van der Waals surface area contributed by atoms with Gasteiger partial charge in [-0.15, -0.1) is 0 Å². The Morgan fingerprint density at radius 2 is 1.71 bits per heavy atom. The predicted octanol–water partition coefficient (Wildman–Crippen LogP) is 1.64. The Morgan fingerprint density at radius 3 is 2.43 bits per heavy atom. The van der Waals surface area contributed by atoms with Gasteiger partial charge >= 0.3 is 11.8 Å². The molecule has 0 radical (unpaired) electrons. The van der Waals surface area contributed by atoms with Crippen molar-refractivity contribution in [1.29, 1.82) is 0 Å². The molecule has 3 rings (SSSR count). The molecule has 0 bridgehead atoms. The molecule has 0 fully saturated rings. The van der Waals surface area contributed by atoms with Crippen LogP contribution in [0.4, 0.5) is 4.79 Å². The summed E-state index contributed by atoms with van der Waals surface area (Å²) in [6, 6.07) is 13.8. The van der Waals surface area contributed by atoms with E-state index in [-0.39, 0.29) is 18.3 Å². The van der Waals surface area contributed by atoms with Crippen molar-refractivity contribution < 1.29 is 17.6 Å². The van der Waals surface area contributed by atoms with Crippen molar-refractivity contribution in [2.24, 2.45) is 0 Å². The number of nitrogens with one attached hydrogen (secondary N) is 2. The van der Waals surface area contributed by atoms with Crippen LogP contribution in [0.15, 0.2) is 57.7 Å². The van der Waals surface area contributed by atoms with Crippen LogP contribution < -0.4 is 16.4 Å². The molecule has 148 valence electrons. The number of fused-ring (bicyclic) bond motifs is 1. The van der Waals surface area contributed by atoms with Crippen molar-refractivity contribution in [2.75, 3.05) is 12.8 Å². The lowest BCUT2D eigenvalue weighted by molar-refractivity contribution is 0.240. The van der Waals surface area contributed by atoms with Gasteiger partial charge in [-0.1, -0.05) is 36.4 Å². The Kier molecular flexibility index (Phi) is 5.84. The minimum absolute atomic E-state index is 0.0107. The summed E-state index contributed by atoms with van der Waals surface area (Å²) in [5, 5.41) is 5.41. The van der Waals surface area contributed by atoms with Crippen molar-refractivity contribution in [1.82, 2.24) is 15.2 Å². The Hall–Kier alpha value is -3.07. The molecule has 0 aliphatic carbocycles. The first kappa shape index (κ1) is 19.7. The van der Waals surface area contributed by atoms with Gasteiger partial charge in [0.25, 0.3) is 0 Å². The van der Waals surface area contributed by atoms with Gasteiger partial charge in [0.05, 0.1) is 11.3 Å². The van der Waals surface area contributed by atoms with Crippen LogP contribution in [-0.2, 0) is 28.7 Å². The van der Waals surface area contributed by atoms with Gasteiger partial charge in [-0.2, -0.15) is 0 Å². The third-order valence-electron chi connectivity index (χ3n) is 4.10. The van der Waals surface area contributed by atoms with E-state index < -0.39 is 15.6 Å². The molecule has 0 aliphatic rings. The number of nitrogens with zero attached hydrogens (tertiary/aromatic N) is 1. The molecule has 2 amide bonds. The van der Waals surface area contributed by atoms with Crippen molar-refractivity contribution in [2.45, 2.75) is 18.8 Å². The lowest BCUT2D eigenvalue weighted by Gasteiger charge is -2.08. The van der Waals surface area contributed by atoms with Gasteiger partial charge in [0.15, 0.2) is 15.4 Å². The van der Waals surface area contributed by atoms with Crippen LogP contribution in [0.5, 0.6) is 0 Å². The number of rotatable bonds is 7. The topological polar surface area (TPSA) is 110 Å². The van der Waals surface area contributed by atoms with Crippen LogP contribution in [0.3, 0.4) is 0 Å². The minimum atomic E-state index is -3.07. The van der Waals surface area contributed by atoms with Crippen LogP contribution in [0, 0.1) is 0 Å². The zero-order valence-electron chi connectivity index (χ0n) is 15.3. The summed E-state index contributed by atoms with van der Waals surface area (Å²) in [7, 11) is -3.07. The lowest BCUT2D eigenvalue weighted by Crippen LogP contribution is -2.37. The minimum Gasteiger partial charge on any atom is -0.408 e. The Bertz CT molecular complexity index is 1130.